The highest BCUT2D eigenvalue weighted by molar-refractivity contribution is 9.10. The first kappa shape index (κ1) is 8.64. The number of nitrogens with two attached hydrogens (primary N) is 1. The van der Waals surface area contributed by atoms with Crippen LogP contribution in [0.25, 0.3) is 0 Å². The average Bonchev–Trinajstić information content (AvgIpc) is 2.04. The number of aromatic nitrogens is 1. The van der Waals surface area contributed by atoms with Gasteiger partial charge in [0.2, 0.25) is 0 Å². The van der Waals surface area contributed by atoms with Crippen molar-refractivity contribution in [2.45, 2.75) is 6.10 Å². The first-order valence-electron chi connectivity index (χ1n) is 3.24. The molecule has 0 aliphatic rings. The Morgan fingerprint density at radius 3 is 3.00 bits per heavy atom. The molecule has 1 aromatic rings. The van der Waals surface area contributed by atoms with Crippen LogP contribution in [0.4, 0.5) is 0 Å². The van der Waals surface area contributed by atoms with Crippen molar-refractivity contribution in [2.75, 3.05) is 6.54 Å². The van der Waals surface area contributed by atoms with Crippen molar-refractivity contribution < 1.29 is 5.11 Å². The minimum atomic E-state index is -0.675. The lowest BCUT2D eigenvalue weighted by atomic mass is 10.2. The molecule has 0 saturated carbocycles. The van der Waals surface area contributed by atoms with E-state index in [1.165, 1.54) is 0 Å². The number of aliphatic hydroxyl groups excluding tert-OH is 1. The molecule has 1 atom stereocenters. The zero-order valence-corrected chi connectivity index (χ0v) is 7.45. The van der Waals surface area contributed by atoms with Crippen LogP contribution in [0.3, 0.4) is 0 Å². The Morgan fingerprint density at radius 2 is 2.45 bits per heavy atom. The third-order valence-electron chi connectivity index (χ3n) is 1.33. The molecule has 0 aliphatic heterocycles. The van der Waals surface area contributed by atoms with Crippen LogP contribution in [-0.2, 0) is 0 Å². The fraction of sp³-hybridized carbons (Fsp3) is 0.286. The van der Waals surface area contributed by atoms with Gasteiger partial charge in [0.15, 0.2) is 0 Å². The van der Waals surface area contributed by atoms with E-state index in [0.717, 1.165) is 4.47 Å². The summed E-state index contributed by atoms with van der Waals surface area (Å²) in [4.78, 5) is 3.97. The molecule has 3 nitrogen and oxygen atoms in total. The molecule has 4 heteroatoms. The highest BCUT2D eigenvalue weighted by Crippen LogP contribution is 2.19. The molecule has 0 aromatic carbocycles. The van der Waals surface area contributed by atoms with Crippen LogP contribution in [0.1, 0.15) is 11.8 Å². The van der Waals surface area contributed by atoms with Crippen LogP contribution in [0.15, 0.2) is 22.8 Å². The summed E-state index contributed by atoms with van der Waals surface area (Å²) in [5.74, 6) is 0. The van der Waals surface area contributed by atoms with E-state index in [-0.39, 0.29) is 6.54 Å². The monoisotopic (exact) mass is 216 g/mol. The highest BCUT2D eigenvalue weighted by atomic mass is 79.9. The van der Waals surface area contributed by atoms with E-state index in [1.807, 2.05) is 6.07 Å². The standard InChI is InChI=1S/C7H9BrN2O/c8-5-2-1-3-10-7(5)6(11)4-9/h1-3,6,11H,4,9H2/t6-/m1/s1. The normalized spacial score (nSPS) is 13.0. The summed E-state index contributed by atoms with van der Waals surface area (Å²) in [7, 11) is 0. The van der Waals surface area contributed by atoms with Crippen LogP contribution in [-0.4, -0.2) is 16.6 Å². The molecule has 0 aliphatic carbocycles. The van der Waals surface area contributed by atoms with E-state index in [1.54, 1.807) is 12.3 Å². The quantitative estimate of drug-likeness (QED) is 0.771. The molecule has 0 bridgehead atoms. The Morgan fingerprint density at radius 1 is 1.73 bits per heavy atom. The van der Waals surface area contributed by atoms with Gasteiger partial charge < -0.3 is 10.8 Å². The molecule has 1 aromatic heterocycles. The second-order valence-electron chi connectivity index (χ2n) is 2.12. The lowest BCUT2D eigenvalue weighted by Gasteiger charge is -2.07. The van der Waals surface area contributed by atoms with Crippen LogP contribution in [0.2, 0.25) is 0 Å². The van der Waals surface area contributed by atoms with Crippen molar-refractivity contribution in [2.24, 2.45) is 5.73 Å². The van der Waals surface area contributed by atoms with E-state index in [0.29, 0.717) is 5.69 Å². The zero-order chi connectivity index (χ0) is 8.27. The van der Waals surface area contributed by atoms with Crippen molar-refractivity contribution in [3.05, 3.63) is 28.5 Å². The molecule has 1 heterocycles. The summed E-state index contributed by atoms with van der Waals surface area (Å²) in [6.07, 6.45) is 0.949. The Hall–Kier alpha value is -0.450. The third-order valence-corrected chi connectivity index (χ3v) is 2.00. The van der Waals surface area contributed by atoms with Gasteiger partial charge in [-0.1, -0.05) is 0 Å². The molecule has 0 radical (unpaired) electrons. The molecule has 0 spiro atoms. The summed E-state index contributed by atoms with van der Waals surface area (Å²) in [6.45, 7) is 0.190. The third kappa shape index (κ3) is 1.99. The summed E-state index contributed by atoms with van der Waals surface area (Å²) < 4.78 is 0.790. The van der Waals surface area contributed by atoms with Crippen LogP contribution < -0.4 is 5.73 Å². The maximum absolute atomic E-state index is 9.29. The van der Waals surface area contributed by atoms with Gasteiger partial charge in [-0.25, -0.2) is 0 Å². The van der Waals surface area contributed by atoms with Crippen molar-refractivity contribution in [1.29, 1.82) is 0 Å². The zero-order valence-electron chi connectivity index (χ0n) is 5.87. The van der Waals surface area contributed by atoms with Gasteiger partial charge in [0, 0.05) is 17.2 Å². The number of halogens is 1. The Balaban J connectivity index is 2.93. The van der Waals surface area contributed by atoms with Gasteiger partial charge in [-0.15, -0.1) is 0 Å². The molecule has 0 amide bonds. The number of aliphatic hydroxyl groups is 1. The minimum Gasteiger partial charge on any atom is -0.385 e. The maximum atomic E-state index is 9.29. The summed E-state index contributed by atoms with van der Waals surface area (Å²) in [5, 5.41) is 9.29. The molecule has 0 saturated heterocycles. The second-order valence-corrected chi connectivity index (χ2v) is 2.98. The van der Waals surface area contributed by atoms with Gasteiger partial charge in [0.05, 0.1) is 5.69 Å². The molecule has 11 heavy (non-hydrogen) atoms. The molecule has 0 fully saturated rings. The maximum Gasteiger partial charge on any atom is 0.109 e. The molecule has 3 N–H and O–H groups in total. The average molecular weight is 217 g/mol. The van der Waals surface area contributed by atoms with Gasteiger partial charge in [0.25, 0.3) is 0 Å². The van der Waals surface area contributed by atoms with Crippen LogP contribution in [0.5, 0.6) is 0 Å². The van der Waals surface area contributed by atoms with Crippen molar-refractivity contribution in [1.82, 2.24) is 4.98 Å². The van der Waals surface area contributed by atoms with Gasteiger partial charge in [0.1, 0.15) is 6.10 Å². The lowest BCUT2D eigenvalue weighted by molar-refractivity contribution is 0.181. The van der Waals surface area contributed by atoms with Crippen molar-refractivity contribution in [3.63, 3.8) is 0 Å². The summed E-state index contributed by atoms with van der Waals surface area (Å²) >= 11 is 3.26. The van der Waals surface area contributed by atoms with E-state index < -0.39 is 6.10 Å². The van der Waals surface area contributed by atoms with Crippen LogP contribution in [0, 0.1) is 0 Å². The topological polar surface area (TPSA) is 59.1 Å². The highest BCUT2D eigenvalue weighted by Gasteiger charge is 2.08. The molecule has 60 valence electrons. The van der Waals surface area contributed by atoms with Crippen molar-refractivity contribution >= 4 is 15.9 Å². The summed E-state index contributed by atoms with van der Waals surface area (Å²) in [6, 6.07) is 3.61. The second kappa shape index (κ2) is 3.80. The smallest absolute Gasteiger partial charge is 0.109 e. The number of hydrogen-bond donors (Lipinski definition) is 2. The SMILES string of the molecule is NC[C@@H](O)c1ncccc1Br. The van der Waals surface area contributed by atoms with Crippen molar-refractivity contribution in [3.8, 4) is 0 Å². The fourth-order valence-corrected chi connectivity index (χ4v) is 1.27. The van der Waals surface area contributed by atoms with Gasteiger partial charge in [-0.3, -0.25) is 4.98 Å². The van der Waals surface area contributed by atoms with Gasteiger partial charge >= 0.3 is 0 Å². The van der Waals surface area contributed by atoms with Crippen LogP contribution >= 0.6 is 15.9 Å². The number of nitrogens with zero attached hydrogens (tertiary/aromatic N) is 1. The van der Waals surface area contributed by atoms with E-state index in [9.17, 15) is 5.11 Å². The fourth-order valence-electron chi connectivity index (χ4n) is 0.755. The van der Waals surface area contributed by atoms with Gasteiger partial charge in [-0.2, -0.15) is 0 Å². The number of pyridine rings is 1. The Labute approximate surface area is 73.4 Å². The molecule has 0 unspecified atom stereocenters. The van der Waals surface area contributed by atoms with E-state index >= 15 is 0 Å². The van der Waals surface area contributed by atoms with E-state index in [4.69, 9.17) is 5.73 Å². The molecular formula is C7H9BrN2O. The first-order chi connectivity index (χ1) is 5.25. The predicted octanol–water partition coefficient (Wildman–Crippen LogP) is 0.836. The largest absolute Gasteiger partial charge is 0.385 e. The number of rotatable bonds is 2. The molecule has 1 rings (SSSR count). The Bertz CT molecular complexity index is 242. The van der Waals surface area contributed by atoms with Gasteiger partial charge in [-0.05, 0) is 28.1 Å². The minimum absolute atomic E-state index is 0.190. The molecular weight excluding hydrogens is 208 g/mol. The summed E-state index contributed by atoms with van der Waals surface area (Å²) in [5.41, 5.74) is 5.85. The number of hydrogen-bond acceptors (Lipinski definition) is 3. The van der Waals surface area contributed by atoms with E-state index in [2.05, 4.69) is 20.9 Å². The first-order valence-corrected chi connectivity index (χ1v) is 4.03. The lowest BCUT2D eigenvalue weighted by Crippen LogP contribution is -2.13. The predicted molar refractivity (Wildman–Crippen MR) is 46.0 cm³/mol. The Kier molecular flexibility index (Phi) is 2.99.